The molecular formula is C19H21N3S. The average Bonchev–Trinajstić information content (AvgIpc) is 3.26. The number of aromatic nitrogens is 2. The Hall–Kier alpha value is -1.81. The van der Waals surface area contributed by atoms with Crippen LogP contribution >= 0.6 is 11.3 Å². The number of fused-ring (bicyclic) bond motifs is 4. The van der Waals surface area contributed by atoms with E-state index in [1.165, 1.54) is 48.3 Å². The van der Waals surface area contributed by atoms with Crippen molar-refractivity contribution in [1.29, 1.82) is 0 Å². The molecule has 23 heavy (non-hydrogen) atoms. The molecule has 1 aromatic carbocycles. The number of anilines is 1. The molecule has 1 fully saturated rings. The number of nitrogens with zero attached hydrogens (tertiary/aromatic N) is 3. The van der Waals surface area contributed by atoms with Crippen LogP contribution in [0.3, 0.4) is 0 Å². The van der Waals surface area contributed by atoms with Crippen LogP contribution in [0.5, 0.6) is 0 Å². The highest BCUT2D eigenvalue weighted by molar-refractivity contribution is 7.15. The van der Waals surface area contributed by atoms with E-state index >= 15 is 0 Å². The van der Waals surface area contributed by atoms with E-state index in [1.807, 2.05) is 0 Å². The molecule has 3 nitrogen and oxygen atoms in total. The quantitative estimate of drug-likeness (QED) is 0.624. The molecule has 1 aliphatic carbocycles. The van der Waals surface area contributed by atoms with Gasteiger partial charge in [-0.25, -0.2) is 4.98 Å². The van der Waals surface area contributed by atoms with E-state index in [1.54, 1.807) is 11.3 Å². The molecule has 1 atom stereocenters. The van der Waals surface area contributed by atoms with Gasteiger partial charge in [0.15, 0.2) is 4.96 Å². The fraction of sp³-hybridized carbons (Fsp3) is 0.421. The number of hydrogen-bond donors (Lipinski definition) is 0. The summed E-state index contributed by atoms with van der Waals surface area (Å²) in [4.78, 5) is 8.91. The third-order valence-corrected chi connectivity index (χ3v) is 6.55. The molecule has 0 amide bonds. The summed E-state index contributed by atoms with van der Waals surface area (Å²) in [6.45, 7) is 4.58. The molecule has 0 N–H and O–H groups in total. The molecular weight excluding hydrogens is 302 g/mol. The number of hydrogen-bond acceptors (Lipinski definition) is 3. The summed E-state index contributed by atoms with van der Waals surface area (Å²) >= 11 is 1.75. The van der Waals surface area contributed by atoms with Gasteiger partial charge < -0.3 is 4.90 Å². The van der Waals surface area contributed by atoms with Gasteiger partial charge in [0.2, 0.25) is 0 Å². The smallest absolute Gasteiger partial charge is 0.194 e. The van der Waals surface area contributed by atoms with E-state index in [2.05, 4.69) is 59.0 Å². The van der Waals surface area contributed by atoms with Crippen LogP contribution in [-0.2, 0) is 5.54 Å². The van der Waals surface area contributed by atoms with Gasteiger partial charge in [-0.15, -0.1) is 11.3 Å². The van der Waals surface area contributed by atoms with Crippen molar-refractivity contribution in [3.8, 4) is 0 Å². The first-order valence-electron chi connectivity index (χ1n) is 8.53. The maximum Gasteiger partial charge on any atom is 0.194 e. The Morgan fingerprint density at radius 1 is 1.22 bits per heavy atom. The van der Waals surface area contributed by atoms with Crippen molar-refractivity contribution < 1.29 is 0 Å². The van der Waals surface area contributed by atoms with Gasteiger partial charge >= 0.3 is 0 Å². The number of para-hydroxylation sites is 1. The van der Waals surface area contributed by atoms with Crippen LogP contribution in [0.25, 0.3) is 4.96 Å². The second kappa shape index (κ2) is 4.60. The molecule has 0 saturated heterocycles. The van der Waals surface area contributed by atoms with Crippen LogP contribution in [0.4, 0.5) is 5.69 Å². The van der Waals surface area contributed by atoms with Gasteiger partial charge in [0.1, 0.15) is 0 Å². The number of imidazole rings is 1. The molecule has 2 aliphatic rings. The highest BCUT2D eigenvalue weighted by Gasteiger charge is 2.53. The summed E-state index contributed by atoms with van der Waals surface area (Å²) in [5.74, 6) is 0. The lowest BCUT2D eigenvalue weighted by Crippen LogP contribution is -2.41. The Bertz CT molecular complexity index is 885. The van der Waals surface area contributed by atoms with Crippen LogP contribution < -0.4 is 4.90 Å². The van der Waals surface area contributed by atoms with Gasteiger partial charge in [-0.05, 0) is 38.3 Å². The predicted molar refractivity (Wildman–Crippen MR) is 95.3 cm³/mol. The Balaban J connectivity index is 1.78. The molecule has 5 rings (SSSR count). The fourth-order valence-electron chi connectivity index (χ4n) is 4.86. The predicted octanol–water partition coefficient (Wildman–Crippen LogP) is 5.05. The van der Waals surface area contributed by atoms with Crippen molar-refractivity contribution in [3.63, 3.8) is 0 Å². The van der Waals surface area contributed by atoms with Crippen LogP contribution in [0.15, 0.2) is 35.8 Å². The second-order valence-corrected chi connectivity index (χ2v) is 7.85. The highest BCUT2D eigenvalue weighted by Crippen LogP contribution is 2.56. The van der Waals surface area contributed by atoms with E-state index in [9.17, 15) is 0 Å². The van der Waals surface area contributed by atoms with Gasteiger partial charge in [0.05, 0.1) is 23.0 Å². The zero-order chi connectivity index (χ0) is 15.6. The Kier molecular flexibility index (Phi) is 2.72. The van der Waals surface area contributed by atoms with E-state index in [0.29, 0.717) is 6.04 Å². The summed E-state index contributed by atoms with van der Waals surface area (Å²) in [6.07, 6.45) is 7.25. The molecule has 2 aromatic heterocycles. The molecule has 1 saturated carbocycles. The van der Waals surface area contributed by atoms with E-state index in [4.69, 9.17) is 4.98 Å². The largest absolute Gasteiger partial charge is 0.352 e. The second-order valence-electron chi connectivity index (χ2n) is 6.97. The average molecular weight is 323 g/mol. The summed E-state index contributed by atoms with van der Waals surface area (Å²) in [5, 5.41) is 2.15. The molecule has 1 aliphatic heterocycles. The SMILES string of the molecule is Cc1ccccc1N1C(C)c2c(nc3sccn23)C12CCCC2. The summed E-state index contributed by atoms with van der Waals surface area (Å²) < 4.78 is 2.32. The van der Waals surface area contributed by atoms with Crippen LogP contribution in [-0.4, -0.2) is 9.38 Å². The molecule has 1 unspecified atom stereocenters. The summed E-state index contributed by atoms with van der Waals surface area (Å²) in [7, 11) is 0. The first-order chi connectivity index (χ1) is 11.2. The van der Waals surface area contributed by atoms with Gasteiger partial charge in [0.25, 0.3) is 0 Å². The van der Waals surface area contributed by atoms with Gasteiger partial charge in [-0.1, -0.05) is 31.0 Å². The molecule has 3 heterocycles. The van der Waals surface area contributed by atoms with Crippen LogP contribution in [0, 0.1) is 6.92 Å². The monoisotopic (exact) mass is 323 g/mol. The number of thiazole rings is 1. The molecule has 0 radical (unpaired) electrons. The summed E-state index contributed by atoms with van der Waals surface area (Å²) in [6, 6.07) is 9.19. The minimum atomic E-state index is 0.104. The van der Waals surface area contributed by atoms with E-state index in [-0.39, 0.29) is 5.54 Å². The summed E-state index contributed by atoms with van der Waals surface area (Å²) in [5.41, 5.74) is 5.60. The third-order valence-electron chi connectivity index (χ3n) is 5.79. The van der Waals surface area contributed by atoms with Gasteiger partial charge in [0, 0.05) is 17.3 Å². The van der Waals surface area contributed by atoms with E-state index < -0.39 is 0 Å². The van der Waals surface area contributed by atoms with Crippen LogP contribution in [0.1, 0.15) is 55.6 Å². The fourth-order valence-corrected chi connectivity index (χ4v) is 5.58. The zero-order valence-electron chi connectivity index (χ0n) is 13.6. The first-order valence-corrected chi connectivity index (χ1v) is 9.41. The zero-order valence-corrected chi connectivity index (χ0v) is 14.4. The van der Waals surface area contributed by atoms with Crippen molar-refractivity contribution in [2.75, 3.05) is 4.90 Å². The number of rotatable bonds is 1. The Labute approximate surface area is 140 Å². The lowest BCUT2D eigenvalue weighted by atomic mass is 9.92. The lowest BCUT2D eigenvalue weighted by Gasteiger charge is -2.40. The Morgan fingerprint density at radius 3 is 2.78 bits per heavy atom. The molecule has 1 spiro atoms. The van der Waals surface area contributed by atoms with Gasteiger partial charge in [-0.3, -0.25) is 4.40 Å². The van der Waals surface area contributed by atoms with Crippen molar-refractivity contribution >= 4 is 22.0 Å². The molecule has 0 bridgehead atoms. The highest BCUT2D eigenvalue weighted by atomic mass is 32.1. The maximum absolute atomic E-state index is 5.08. The van der Waals surface area contributed by atoms with Gasteiger partial charge in [-0.2, -0.15) is 0 Å². The minimum Gasteiger partial charge on any atom is -0.352 e. The third kappa shape index (κ3) is 1.62. The van der Waals surface area contributed by atoms with Crippen molar-refractivity contribution in [1.82, 2.24) is 9.38 Å². The number of benzene rings is 1. The molecule has 4 heteroatoms. The lowest BCUT2D eigenvalue weighted by molar-refractivity contribution is 0.407. The van der Waals surface area contributed by atoms with Crippen molar-refractivity contribution in [3.05, 3.63) is 52.8 Å². The van der Waals surface area contributed by atoms with Crippen LogP contribution in [0.2, 0.25) is 0 Å². The first kappa shape index (κ1) is 13.6. The molecule has 3 aromatic rings. The van der Waals surface area contributed by atoms with Crippen molar-refractivity contribution in [2.45, 2.75) is 51.1 Å². The number of aryl methyl sites for hydroxylation is 1. The topological polar surface area (TPSA) is 20.5 Å². The van der Waals surface area contributed by atoms with E-state index in [0.717, 1.165) is 4.96 Å². The molecule has 118 valence electrons. The van der Waals surface area contributed by atoms with Crippen molar-refractivity contribution in [2.24, 2.45) is 0 Å². The normalized spacial score (nSPS) is 22.3. The minimum absolute atomic E-state index is 0.104. The maximum atomic E-state index is 5.08. The standard InChI is InChI=1S/C19H21N3S/c1-13-7-3-4-8-15(13)22-14(2)16-17(19(22)9-5-6-10-19)20-18-21(16)11-12-23-18/h3-4,7-8,11-12,14H,5-6,9-10H2,1-2H3. The Morgan fingerprint density at radius 2 is 2.00 bits per heavy atom.